The molecule has 0 amide bonds. The lowest BCUT2D eigenvalue weighted by atomic mass is 10.2. The molecule has 1 rings (SSSR count). The molecule has 0 radical (unpaired) electrons. The van der Waals surface area contributed by atoms with Gasteiger partial charge in [-0.05, 0) is 30.7 Å². The molecular weight excluding hydrogens is 266 g/mol. The van der Waals surface area contributed by atoms with Crippen molar-refractivity contribution in [3.05, 3.63) is 18.0 Å². The highest BCUT2D eigenvalue weighted by molar-refractivity contribution is 7.99. The van der Waals surface area contributed by atoms with Gasteiger partial charge in [0.05, 0.1) is 11.7 Å². The molecule has 0 bridgehead atoms. The van der Waals surface area contributed by atoms with E-state index < -0.39 is 0 Å². The Labute approximate surface area is 128 Å². The number of likely N-dealkylation sites (N-methyl/N-ethyl adjacent to an activating group) is 1. The number of rotatable bonds is 10. The summed E-state index contributed by atoms with van der Waals surface area (Å²) in [5.41, 5.74) is 1.22. The minimum absolute atomic E-state index is 0.525. The Bertz CT molecular complexity index is 358. The van der Waals surface area contributed by atoms with E-state index >= 15 is 0 Å². The van der Waals surface area contributed by atoms with E-state index in [4.69, 9.17) is 5.10 Å². The molecule has 0 aliphatic carbocycles. The van der Waals surface area contributed by atoms with Gasteiger partial charge in [-0.2, -0.15) is 16.9 Å². The van der Waals surface area contributed by atoms with Crippen LogP contribution < -0.4 is 5.32 Å². The number of hydrogen-bond donors (Lipinski definition) is 1. The molecule has 1 aromatic rings. The van der Waals surface area contributed by atoms with Crippen LogP contribution >= 0.6 is 11.8 Å². The molecule has 0 spiro atoms. The van der Waals surface area contributed by atoms with Gasteiger partial charge in [0.25, 0.3) is 0 Å². The van der Waals surface area contributed by atoms with Gasteiger partial charge in [-0.1, -0.05) is 34.6 Å². The SMILES string of the molecule is CCNC(CSC(C)C)Cc1ccn(C(CC)CC)n1. The molecule has 3 nitrogen and oxygen atoms in total. The highest BCUT2D eigenvalue weighted by atomic mass is 32.2. The molecule has 1 N–H and O–H groups in total. The van der Waals surface area contributed by atoms with E-state index in [1.165, 1.54) is 5.69 Å². The van der Waals surface area contributed by atoms with Crippen molar-refractivity contribution >= 4 is 11.8 Å². The first-order valence-electron chi connectivity index (χ1n) is 7.99. The third-order valence-electron chi connectivity index (χ3n) is 3.56. The molecular formula is C16H31N3S. The van der Waals surface area contributed by atoms with Crippen LogP contribution in [-0.4, -0.2) is 33.4 Å². The molecule has 20 heavy (non-hydrogen) atoms. The Balaban J connectivity index is 2.59. The topological polar surface area (TPSA) is 29.9 Å². The van der Waals surface area contributed by atoms with Crippen LogP contribution in [0, 0.1) is 0 Å². The van der Waals surface area contributed by atoms with Gasteiger partial charge in [0.1, 0.15) is 0 Å². The van der Waals surface area contributed by atoms with E-state index in [-0.39, 0.29) is 0 Å². The Hall–Kier alpha value is -0.480. The predicted octanol–water partition coefficient (Wildman–Crippen LogP) is 3.91. The summed E-state index contributed by atoms with van der Waals surface area (Å²) in [5.74, 6) is 1.16. The Morgan fingerprint density at radius 3 is 2.50 bits per heavy atom. The van der Waals surface area contributed by atoms with Crippen LogP contribution in [0.25, 0.3) is 0 Å². The summed E-state index contributed by atoms with van der Waals surface area (Å²) in [4.78, 5) is 0. The predicted molar refractivity (Wildman–Crippen MR) is 90.6 cm³/mol. The summed E-state index contributed by atoms with van der Waals surface area (Å²) >= 11 is 2.02. The third-order valence-corrected chi connectivity index (χ3v) is 4.82. The molecule has 0 aliphatic heterocycles. The summed E-state index contributed by atoms with van der Waals surface area (Å²) in [6, 6.07) is 3.26. The van der Waals surface area contributed by atoms with Crippen molar-refractivity contribution in [2.45, 2.75) is 71.2 Å². The van der Waals surface area contributed by atoms with Crippen molar-refractivity contribution in [1.82, 2.24) is 15.1 Å². The lowest BCUT2D eigenvalue weighted by Gasteiger charge is -2.18. The standard InChI is InChI=1S/C16H31N3S/c1-6-16(7-2)19-10-9-14(18-19)11-15(17-8-3)12-20-13(4)5/h9-10,13,15-17H,6-8,11-12H2,1-5H3. The monoisotopic (exact) mass is 297 g/mol. The number of nitrogens with zero attached hydrogens (tertiary/aromatic N) is 2. The second-order valence-corrected chi connectivity index (χ2v) is 7.21. The summed E-state index contributed by atoms with van der Waals surface area (Å²) in [6.45, 7) is 12.2. The molecule has 0 aliphatic rings. The molecule has 0 saturated carbocycles. The van der Waals surface area contributed by atoms with Gasteiger partial charge >= 0.3 is 0 Å². The van der Waals surface area contributed by atoms with Crippen molar-refractivity contribution in [3.8, 4) is 0 Å². The molecule has 116 valence electrons. The lowest BCUT2D eigenvalue weighted by Crippen LogP contribution is -2.33. The van der Waals surface area contributed by atoms with Crippen molar-refractivity contribution < 1.29 is 0 Å². The van der Waals surface area contributed by atoms with E-state index in [2.05, 4.69) is 56.9 Å². The smallest absolute Gasteiger partial charge is 0.0640 e. The van der Waals surface area contributed by atoms with Crippen LogP contribution in [0.5, 0.6) is 0 Å². The zero-order valence-corrected chi connectivity index (χ0v) is 14.5. The molecule has 1 aromatic heterocycles. The quantitative estimate of drug-likeness (QED) is 0.710. The van der Waals surface area contributed by atoms with Gasteiger partial charge in [-0.3, -0.25) is 4.68 Å². The second-order valence-electron chi connectivity index (χ2n) is 5.60. The van der Waals surface area contributed by atoms with Crippen LogP contribution in [0.3, 0.4) is 0 Å². The van der Waals surface area contributed by atoms with Crippen LogP contribution in [0.2, 0.25) is 0 Å². The zero-order valence-electron chi connectivity index (χ0n) is 13.7. The van der Waals surface area contributed by atoms with Gasteiger partial charge in [0.15, 0.2) is 0 Å². The lowest BCUT2D eigenvalue weighted by molar-refractivity contribution is 0.423. The highest BCUT2D eigenvalue weighted by Crippen LogP contribution is 2.16. The summed E-state index contributed by atoms with van der Waals surface area (Å²) in [7, 11) is 0. The largest absolute Gasteiger partial charge is 0.313 e. The van der Waals surface area contributed by atoms with Crippen LogP contribution in [-0.2, 0) is 6.42 Å². The van der Waals surface area contributed by atoms with Gasteiger partial charge in [0, 0.05) is 24.4 Å². The Morgan fingerprint density at radius 2 is 1.95 bits per heavy atom. The van der Waals surface area contributed by atoms with Crippen molar-refractivity contribution in [3.63, 3.8) is 0 Å². The molecule has 1 atom stereocenters. The van der Waals surface area contributed by atoms with Gasteiger partial charge in [-0.15, -0.1) is 0 Å². The van der Waals surface area contributed by atoms with Gasteiger partial charge < -0.3 is 5.32 Å². The number of thioether (sulfide) groups is 1. The normalized spacial score (nSPS) is 13.3. The minimum Gasteiger partial charge on any atom is -0.313 e. The zero-order chi connectivity index (χ0) is 15.0. The average Bonchev–Trinajstić information content (AvgIpc) is 2.86. The molecule has 1 unspecified atom stereocenters. The first-order valence-corrected chi connectivity index (χ1v) is 9.04. The molecule has 0 saturated heterocycles. The molecule has 0 aromatic carbocycles. The number of hydrogen-bond acceptors (Lipinski definition) is 3. The van der Waals surface area contributed by atoms with E-state index in [9.17, 15) is 0 Å². The van der Waals surface area contributed by atoms with Crippen LogP contribution in [0.1, 0.15) is 59.2 Å². The number of aromatic nitrogens is 2. The number of nitrogens with one attached hydrogen (secondary N) is 1. The summed E-state index contributed by atoms with van der Waals surface area (Å²) in [6.07, 6.45) is 5.47. The minimum atomic E-state index is 0.525. The Kier molecular flexibility index (Phi) is 8.31. The van der Waals surface area contributed by atoms with Crippen molar-refractivity contribution in [2.24, 2.45) is 0 Å². The summed E-state index contributed by atoms with van der Waals surface area (Å²) < 4.78 is 2.15. The Morgan fingerprint density at radius 1 is 1.25 bits per heavy atom. The van der Waals surface area contributed by atoms with Gasteiger partial charge in [0.2, 0.25) is 0 Å². The maximum absolute atomic E-state index is 4.77. The van der Waals surface area contributed by atoms with E-state index in [1.807, 2.05) is 11.8 Å². The highest BCUT2D eigenvalue weighted by Gasteiger charge is 2.13. The fourth-order valence-corrected chi connectivity index (χ4v) is 3.25. The first-order chi connectivity index (χ1) is 9.60. The average molecular weight is 298 g/mol. The second kappa shape index (κ2) is 9.46. The fourth-order valence-electron chi connectivity index (χ4n) is 2.39. The molecule has 4 heteroatoms. The fraction of sp³-hybridized carbons (Fsp3) is 0.812. The van der Waals surface area contributed by atoms with Crippen molar-refractivity contribution in [1.29, 1.82) is 0 Å². The van der Waals surface area contributed by atoms with Crippen LogP contribution in [0.4, 0.5) is 0 Å². The van der Waals surface area contributed by atoms with E-state index in [0.29, 0.717) is 17.3 Å². The molecule has 1 heterocycles. The van der Waals surface area contributed by atoms with Crippen LogP contribution in [0.15, 0.2) is 12.3 Å². The first kappa shape index (κ1) is 17.6. The third kappa shape index (κ3) is 5.88. The van der Waals surface area contributed by atoms with E-state index in [0.717, 1.165) is 31.6 Å². The maximum Gasteiger partial charge on any atom is 0.0640 e. The molecule has 0 fully saturated rings. The van der Waals surface area contributed by atoms with E-state index in [1.54, 1.807) is 0 Å². The maximum atomic E-state index is 4.77. The van der Waals surface area contributed by atoms with Gasteiger partial charge in [-0.25, -0.2) is 0 Å². The summed E-state index contributed by atoms with van der Waals surface area (Å²) in [5, 5.41) is 9.04. The van der Waals surface area contributed by atoms with Crippen molar-refractivity contribution in [2.75, 3.05) is 12.3 Å².